The summed E-state index contributed by atoms with van der Waals surface area (Å²) in [5.74, 6) is -0.356. The van der Waals surface area contributed by atoms with Crippen LogP contribution < -0.4 is 4.90 Å². The first-order valence-electron chi connectivity index (χ1n) is 9.00. The molecule has 29 heavy (non-hydrogen) atoms. The molecule has 0 aromatic heterocycles. The van der Waals surface area contributed by atoms with Crippen molar-refractivity contribution in [2.45, 2.75) is 17.4 Å². The number of fused-ring (bicyclic) bond motifs is 1. The van der Waals surface area contributed by atoms with E-state index in [2.05, 4.69) is 6.58 Å². The molecule has 0 unspecified atom stereocenters. The molecule has 1 spiro atoms. The molecule has 4 rings (SSSR count). The molecular formula is C21H20N2O5S. The number of methoxy groups -OCH3 is 1. The fourth-order valence-electron chi connectivity index (χ4n) is 3.99. The first kappa shape index (κ1) is 19.4. The van der Waals surface area contributed by atoms with Crippen LogP contribution in [0.25, 0.3) is 0 Å². The van der Waals surface area contributed by atoms with E-state index in [9.17, 15) is 18.0 Å². The number of carbonyl (C=O) groups is 2. The number of hydrogen-bond acceptors (Lipinski definition) is 5. The van der Waals surface area contributed by atoms with Gasteiger partial charge in [0.15, 0.2) is 11.3 Å². The second kappa shape index (κ2) is 6.53. The molecule has 2 heterocycles. The fraction of sp³-hybridized carbons (Fsp3) is 0.238. The van der Waals surface area contributed by atoms with Crippen LogP contribution >= 0.6 is 0 Å². The molecule has 0 N–H and O–H groups in total. The van der Waals surface area contributed by atoms with Gasteiger partial charge in [-0.3, -0.25) is 9.69 Å². The van der Waals surface area contributed by atoms with Crippen molar-refractivity contribution in [3.8, 4) is 0 Å². The highest BCUT2D eigenvalue weighted by molar-refractivity contribution is 7.89. The Morgan fingerprint density at radius 3 is 2.45 bits per heavy atom. The quantitative estimate of drug-likeness (QED) is 0.709. The Balaban J connectivity index is 1.81. The van der Waals surface area contributed by atoms with Crippen molar-refractivity contribution in [1.29, 1.82) is 0 Å². The Labute approximate surface area is 169 Å². The van der Waals surface area contributed by atoms with Gasteiger partial charge in [0.2, 0.25) is 10.0 Å². The molecule has 2 aliphatic heterocycles. The molecule has 8 heteroatoms. The number of hydrogen-bond donors (Lipinski definition) is 0. The first-order valence-corrected chi connectivity index (χ1v) is 10.4. The predicted octanol–water partition coefficient (Wildman–Crippen LogP) is 2.76. The zero-order chi connectivity index (χ0) is 21.0. The van der Waals surface area contributed by atoms with E-state index in [1.165, 1.54) is 28.4 Å². The third kappa shape index (κ3) is 2.63. The van der Waals surface area contributed by atoms with Gasteiger partial charge >= 0.3 is 6.09 Å². The van der Waals surface area contributed by atoms with Crippen LogP contribution in [0.4, 0.5) is 10.5 Å². The molecule has 1 saturated heterocycles. The molecule has 2 aliphatic rings. The van der Waals surface area contributed by atoms with Crippen LogP contribution in [0.5, 0.6) is 0 Å². The van der Waals surface area contributed by atoms with Gasteiger partial charge in [0.05, 0.1) is 17.7 Å². The topological polar surface area (TPSA) is 84.0 Å². The zero-order valence-corrected chi connectivity index (χ0v) is 16.9. The largest absolute Gasteiger partial charge is 0.452 e. The van der Waals surface area contributed by atoms with Gasteiger partial charge in [0.25, 0.3) is 0 Å². The minimum Gasteiger partial charge on any atom is -0.452 e. The van der Waals surface area contributed by atoms with Crippen molar-refractivity contribution in [3.05, 3.63) is 71.8 Å². The average molecular weight is 412 g/mol. The number of benzene rings is 2. The molecule has 7 nitrogen and oxygen atoms in total. The van der Waals surface area contributed by atoms with Gasteiger partial charge in [-0.1, -0.05) is 36.4 Å². The van der Waals surface area contributed by atoms with Crippen LogP contribution in [0, 0.1) is 6.92 Å². The number of ether oxygens (including phenoxy) is 1. The van der Waals surface area contributed by atoms with Crippen LogP contribution in [0.1, 0.15) is 15.9 Å². The maximum absolute atomic E-state index is 13.4. The Morgan fingerprint density at radius 1 is 1.14 bits per heavy atom. The molecule has 150 valence electrons. The molecule has 1 amide bonds. The Bertz CT molecular complexity index is 1140. The van der Waals surface area contributed by atoms with Crippen LogP contribution in [-0.2, 0) is 14.8 Å². The summed E-state index contributed by atoms with van der Waals surface area (Å²) in [6.45, 7) is 5.57. The van der Waals surface area contributed by atoms with Crippen LogP contribution in [0.2, 0.25) is 0 Å². The summed E-state index contributed by atoms with van der Waals surface area (Å²) in [6, 6.07) is 13.2. The van der Waals surface area contributed by atoms with E-state index in [1.54, 1.807) is 36.4 Å². The lowest BCUT2D eigenvalue weighted by molar-refractivity contribution is 0.0922. The van der Waals surface area contributed by atoms with Gasteiger partial charge in [0, 0.05) is 18.7 Å². The minimum absolute atomic E-state index is 0.0660. The monoisotopic (exact) mass is 412 g/mol. The maximum Gasteiger partial charge on any atom is 0.415 e. The smallest absolute Gasteiger partial charge is 0.415 e. The van der Waals surface area contributed by atoms with Gasteiger partial charge in [-0.2, -0.15) is 4.31 Å². The summed E-state index contributed by atoms with van der Waals surface area (Å²) in [5.41, 5.74) is 0.479. The summed E-state index contributed by atoms with van der Waals surface area (Å²) in [6.07, 6.45) is -0.737. The predicted molar refractivity (Wildman–Crippen MR) is 107 cm³/mol. The second-order valence-corrected chi connectivity index (χ2v) is 9.14. The van der Waals surface area contributed by atoms with Crippen LogP contribution in [-0.4, -0.2) is 50.3 Å². The van der Waals surface area contributed by atoms with Crippen molar-refractivity contribution in [2.24, 2.45) is 0 Å². The van der Waals surface area contributed by atoms with E-state index >= 15 is 0 Å². The lowest BCUT2D eigenvalue weighted by atomic mass is 9.88. The normalized spacial score (nSPS) is 21.7. The highest BCUT2D eigenvalue weighted by atomic mass is 32.2. The van der Waals surface area contributed by atoms with Crippen molar-refractivity contribution in [1.82, 2.24) is 4.31 Å². The average Bonchev–Trinajstić information content (AvgIpc) is 3.18. The fourth-order valence-corrected chi connectivity index (χ4v) is 5.45. The summed E-state index contributed by atoms with van der Waals surface area (Å²) >= 11 is 0. The third-order valence-corrected chi connectivity index (χ3v) is 7.33. The van der Waals surface area contributed by atoms with E-state index in [1.807, 2.05) is 6.92 Å². The number of carbonyl (C=O) groups excluding carboxylic acids is 2. The Kier molecular flexibility index (Phi) is 4.36. The Hall–Kier alpha value is -2.97. The third-order valence-electron chi connectivity index (χ3n) is 5.52. The zero-order valence-electron chi connectivity index (χ0n) is 16.1. The SMILES string of the molecule is C=C1CN(S(=O)(=O)c2ccc(C)cc2)C[C@@]12C(=O)c1ccccc1N2C(=O)OC. The van der Waals surface area contributed by atoms with E-state index in [4.69, 9.17) is 4.74 Å². The van der Waals surface area contributed by atoms with Crippen molar-refractivity contribution >= 4 is 27.6 Å². The number of nitrogens with zero attached hydrogens (tertiary/aromatic N) is 2. The van der Waals surface area contributed by atoms with E-state index in [-0.39, 0.29) is 23.8 Å². The molecule has 2 aromatic rings. The van der Waals surface area contributed by atoms with E-state index < -0.39 is 21.7 Å². The lowest BCUT2D eigenvalue weighted by Crippen LogP contribution is -2.56. The molecule has 0 bridgehead atoms. The number of rotatable bonds is 2. The molecule has 0 radical (unpaired) electrons. The van der Waals surface area contributed by atoms with Gasteiger partial charge in [0.1, 0.15) is 0 Å². The lowest BCUT2D eigenvalue weighted by Gasteiger charge is -2.33. The van der Waals surface area contributed by atoms with E-state index in [0.717, 1.165) is 5.56 Å². The number of aryl methyl sites for hydroxylation is 1. The molecule has 1 atom stereocenters. The highest BCUT2D eigenvalue weighted by Gasteiger charge is 2.61. The number of ketones is 1. The van der Waals surface area contributed by atoms with Crippen molar-refractivity contribution in [2.75, 3.05) is 25.1 Å². The molecule has 2 aromatic carbocycles. The number of anilines is 1. The summed E-state index contributed by atoms with van der Waals surface area (Å²) in [4.78, 5) is 27.4. The van der Waals surface area contributed by atoms with Crippen LogP contribution in [0.3, 0.4) is 0 Å². The summed E-state index contributed by atoms with van der Waals surface area (Å²) < 4.78 is 32.5. The molecule has 0 saturated carbocycles. The van der Waals surface area contributed by atoms with E-state index in [0.29, 0.717) is 16.8 Å². The number of sulfonamides is 1. The van der Waals surface area contributed by atoms with Crippen LogP contribution in [0.15, 0.2) is 65.6 Å². The molecule has 1 fully saturated rings. The highest BCUT2D eigenvalue weighted by Crippen LogP contribution is 2.47. The first-order chi connectivity index (χ1) is 13.7. The summed E-state index contributed by atoms with van der Waals surface area (Å²) in [7, 11) is -2.65. The Morgan fingerprint density at radius 2 is 1.79 bits per heavy atom. The molecular weight excluding hydrogens is 392 g/mol. The van der Waals surface area contributed by atoms with Crippen molar-refractivity contribution in [3.63, 3.8) is 0 Å². The van der Waals surface area contributed by atoms with Crippen molar-refractivity contribution < 1.29 is 22.7 Å². The van der Waals surface area contributed by atoms with Gasteiger partial charge in [-0.05, 0) is 36.8 Å². The van der Waals surface area contributed by atoms with Gasteiger partial charge in [-0.25, -0.2) is 13.2 Å². The van der Waals surface area contributed by atoms with Gasteiger partial charge < -0.3 is 4.74 Å². The standard InChI is InChI=1S/C21H20N2O5S/c1-14-8-10-16(11-9-14)29(26,27)22-12-15(2)21(13-22)19(24)17-6-4-5-7-18(17)23(21)20(25)28-3/h4-11H,2,12-13H2,1,3H3/t21-/m0/s1. The molecule has 0 aliphatic carbocycles. The number of amides is 1. The second-order valence-electron chi connectivity index (χ2n) is 7.20. The number of Topliss-reactive ketones (excluding diaryl/α,β-unsaturated/α-hetero) is 1. The summed E-state index contributed by atoms with van der Waals surface area (Å²) in [5, 5.41) is 0. The maximum atomic E-state index is 13.4. The minimum atomic E-state index is -3.88. The number of para-hydroxylation sites is 1. The van der Waals surface area contributed by atoms with Gasteiger partial charge in [-0.15, -0.1) is 0 Å².